The first-order valence-electron chi connectivity index (χ1n) is 6.08. The monoisotopic (exact) mass is 219 g/mol. The zero-order valence-electron chi connectivity index (χ0n) is 10.4. The average molecular weight is 219 g/mol. The molecule has 2 rings (SSSR count). The first-order valence-corrected chi connectivity index (χ1v) is 6.08. The number of aromatic nitrogens is 1. The Morgan fingerprint density at radius 1 is 1.50 bits per heavy atom. The smallest absolute Gasteiger partial charge is 0.0556 e. The molecule has 0 bridgehead atoms. The number of hydrogen-bond donors (Lipinski definition) is 1. The standard InChI is InChI=1S/C13H21N3/c1-10(2)13-8-15-11(3)9-16(13)12-5-4-6-14-7-12/h4-7,10-11,13,15H,8-9H2,1-3H3. The molecule has 0 amide bonds. The quantitative estimate of drug-likeness (QED) is 0.823. The Morgan fingerprint density at radius 2 is 2.31 bits per heavy atom. The number of piperazine rings is 1. The molecule has 1 aliphatic rings. The van der Waals surface area contributed by atoms with E-state index in [4.69, 9.17) is 0 Å². The van der Waals surface area contributed by atoms with Gasteiger partial charge in [-0.15, -0.1) is 0 Å². The van der Waals surface area contributed by atoms with E-state index in [2.05, 4.69) is 42.0 Å². The lowest BCUT2D eigenvalue weighted by Gasteiger charge is -2.42. The van der Waals surface area contributed by atoms with Crippen molar-refractivity contribution < 1.29 is 0 Å². The molecule has 1 N–H and O–H groups in total. The SMILES string of the molecule is CC1CN(c2cccnc2)C(C(C)C)CN1. The summed E-state index contributed by atoms with van der Waals surface area (Å²) in [7, 11) is 0. The van der Waals surface area contributed by atoms with Gasteiger partial charge in [0.2, 0.25) is 0 Å². The van der Waals surface area contributed by atoms with Crippen LogP contribution in [0.2, 0.25) is 0 Å². The maximum Gasteiger partial charge on any atom is 0.0556 e. The van der Waals surface area contributed by atoms with Gasteiger partial charge in [-0.2, -0.15) is 0 Å². The van der Waals surface area contributed by atoms with Gasteiger partial charge in [-0.25, -0.2) is 0 Å². The lowest BCUT2D eigenvalue weighted by molar-refractivity contribution is 0.349. The number of nitrogens with zero attached hydrogens (tertiary/aromatic N) is 2. The van der Waals surface area contributed by atoms with Crippen LogP contribution in [-0.2, 0) is 0 Å². The van der Waals surface area contributed by atoms with Gasteiger partial charge in [0.1, 0.15) is 0 Å². The van der Waals surface area contributed by atoms with Gasteiger partial charge < -0.3 is 10.2 Å². The van der Waals surface area contributed by atoms with E-state index in [0.29, 0.717) is 18.0 Å². The van der Waals surface area contributed by atoms with Gasteiger partial charge in [-0.05, 0) is 25.0 Å². The van der Waals surface area contributed by atoms with Crippen molar-refractivity contribution in [2.75, 3.05) is 18.0 Å². The Kier molecular flexibility index (Phi) is 3.44. The summed E-state index contributed by atoms with van der Waals surface area (Å²) in [4.78, 5) is 6.70. The number of hydrogen-bond acceptors (Lipinski definition) is 3. The van der Waals surface area contributed by atoms with E-state index in [-0.39, 0.29) is 0 Å². The van der Waals surface area contributed by atoms with Crippen LogP contribution in [0.5, 0.6) is 0 Å². The predicted octanol–water partition coefficient (Wildman–Crippen LogP) is 1.90. The molecule has 16 heavy (non-hydrogen) atoms. The van der Waals surface area contributed by atoms with Crippen LogP contribution in [0.15, 0.2) is 24.5 Å². The van der Waals surface area contributed by atoms with Crippen LogP contribution >= 0.6 is 0 Å². The molecule has 3 nitrogen and oxygen atoms in total. The molecule has 2 unspecified atom stereocenters. The van der Waals surface area contributed by atoms with Gasteiger partial charge >= 0.3 is 0 Å². The Labute approximate surface area is 97.9 Å². The molecular formula is C13H21N3. The summed E-state index contributed by atoms with van der Waals surface area (Å²) in [5, 5.41) is 3.55. The molecule has 1 fully saturated rings. The Bertz CT molecular complexity index is 323. The van der Waals surface area contributed by atoms with Gasteiger partial charge in [-0.3, -0.25) is 4.98 Å². The zero-order chi connectivity index (χ0) is 11.5. The molecule has 0 spiro atoms. The number of rotatable bonds is 2. The van der Waals surface area contributed by atoms with Crippen molar-refractivity contribution in [1.82, 2.24) is 10.3 Å². The van der Waals surface area contributed by atoms with Crippen LogP contribution in [0.25, 0.3) is 0 Å². The highest BCUT2D eigenvalue weighted by Crippen LogP contribution is 2.22. The van der Waals surface area contributed by atoms with Crippen LogP contribution in [0.1, 0.15) is 20.8 Å². The van der Waals surface area contributed by atoms with Crippen molar-refractivity contribution in [3.8, 4) is 0 Å². The minimum atomic E-state index is 0.551. The second kappa shape index (κ2) is 4.83. The molecule has 2 heterocycles. The molecule has 0 saturated carbocycles. The van der Waals surface area contributed by atoms with Crippen molar-refractivity contribution in [2.24, 2.45) is 5.92 Å². The van der Waals surface area contributed by atoms with Gasteiger partial charge in [-0.1, -0.05) is 13.8 Å². The zero-order valence-corrected chi connectivity index (χ0v) is 10.4. The molecule has 88 valence electrons. The van der Waals surface area contributed by atoms with E-state index in [0.717, 1.165) is 13.1 Å². The van der Waals surface area contributed by atoms with E-state index in [1.54, 1.807) is 0 Å². The normalized spacial score (nSPS) is 26.1. The van der Waals surface area contributed by atoms with E-state index in [9.17, 15) is 0 Å². The van der Waals surface area contributed by atoms with E-state index >= 15 is 0 Å². The Balaban J connectivity index is 2.21. The fourth-order valence-electron chi connectivity index (χ4n) is 2.34. The van der Waals surface area contributed by atoms with E-state index < -0.39 is 0 Å². The molecule has 0 aliphatic carbocycles. The van der Waals surface area contributed by atoms with Crippen molar-refractivity contribution in [1.29, 1.82) is 0 Å². The number of pyridine rings is 1. The fourth-order valence-corrected chi connectivity index (χ4v) is 2.34. The van der Waals surface area contributed by atoms with Crippen LogP contribution in [0, 0.1) is 5.92 Å². The average Bonchev–Trinajstić information content (AvgIpc) is 2.29. The highest BCUT2D eigenvalue weighted by atomic mass is 15.2. The molecule has 1 aromatic heterocycles. The molecule has 0 radical (unpaired) electrons. The van der Waals surface area contributed by atoms with Gasteiger partial charge in [0.15, 0.2) is 0 Å². The topological polar surface area (TPSA) is 28.2 Å². The van der Waals surface area contributed by atoms with Crippen LogP contribution < -0.4 is 10.2 Å². The van der Waals surface area contributed by atoms with Crippen molar-refractivity contribution in [2.45, 2.75) is 32.9 Å². The van der Waals surface area contributed by atoms with Crippen molar-refractivity contribution in [3.05, 3.63) is 24.5 Å². The number of nitrogens with one attached hydrogen (secondary N) is 1. The van der Waals surface area contributed by atoms with Crippen molar-refractivity contribution >= 4 is 5.69 Å². The third-order valence-electron chi connectivity index (χ3n) is 3.29. The van der Waals surface area contributed by atoms with Gasteiger partial charge in [0.25, 0.3) is 0 Å². The maximum atomic E-state index is 4.22. The first-order chi connectivity index (χ1) is 7.68. The minimum absolute atomic E-state index is 0.551. The summed E-state index contributed by atoms with van der Waals surface area (Å²) >= 11 is 0. The molecule has 0 aromatic carbocycles. The maximum absolute atomic E-state index is 4.22. The summed E-state index contributed by atoms with van der Waals surface area (Å²) in [5.74, 6) is 0.653. The summed E-state index contributed by atoms with van der Waals surface area (Å²) in [5.41, 5.74) is 1.24. The largest absolute Gasteiger partial charge is 0.364 e. The summed E-state index contributed by atoms with van der Waals surface area (Å²) < 4.78 is 0. The number of anilines is 1. The lowest BCUT2D eigenvalue weighted by Crippen LogP contribution is -2.57. The second-order valence-electron chi connectivity index (χ2n) is 4.98. The predicted molar refractivity (Wildman–Crippen MR) is 67.7 cm³/mol. The van der Waals surface area contributed by atoms with Crippen LogP contribution in [0.4, 0.5) is 5.69 Å². The first kappa shape index (κ1) is 11.4. The highest BCUT2D eigenvalue weighted by molar-refractivity contribution is 5.46. The summed E-state index contributed by atoms with van der Waals surface area (Å²) in [6.07, 6.45) is 3.80. The Hall–Kier alpha value is -1.09. The molecule has 2 atom stereocenters. The van der Waals surface area contributed by atoms with Crippen LogP contribution in [0.3, 0.4) is 0 Å². The molecule has 1 aromatic rings. The Morgan fingerprint density at radius 3 is 2.94 bits per heavy atom. The molecule has 3 heteroatoms. The molecule has 1 saturated heterocycles. The third kappa shape index (κ3) is 2.35. The van der Waals surface area contributed by atoms with E-state index in [1.807, 2.05) is 18.5 Å². The van der Waals surface area contributed by atoms with Gasteiger partial charge in [0, 0.05) is 31.4 Å². The summed E-state index contributed by atoms with van der Waals surface area (Å²) in [6.45, 7) is 8.93. The van der Waals surface area contributed by atoms with Crippen LogP contribution in [-0.4, -0.2) is 30.2 Å². The fraction of sp³-hybridized carbons (Fsp3) is 0.615. The minimum Gasteiger partial charge on any atom is -0.364 e. The lowest BCUT2D eigenvalue weighted by atomic mass is 9.98. The molecule has 1 aliphatic heterocycles. The third-order valence-corrected chi connectivity index (χ3v) is 3.29. The summed E-state index contributed by atoms with van der Waals surface area (Å²) in [6, 6.07) is 5.29. The molecular weight excluding hydrogens is 198 g/mol. The van der Waals surface area contributed by atoms with E-state index in [1.165, 1.54) is 5.69 Å². The second-order valence-corrected chi connectivity index (χ2v) is 4.98. The van der Waals surface area contributed by atoms with Gasteiger partial charge in [0.05, 0.1) is 11.9 Å². The highest BCUT2D eigenvalue weighted by Gasteiger charge is 2.28. The van der Waals surface area contributed by atoms with Crippen molar-refractivity contribution in [3.63, 3.8) is 0 Å².